The van der Waals surface area contributed by atoms with Crippen molar-refractivity contribution >= 4 is 43.0 Å². The molecule has 3 aromatic rings. The van der Waals surface area contributed by atoms with Crippen LogP contribution in [0.25, 0.3) is 17.4 Å². The van der Waals surface area contributed by atoms with Crippen LogP contribution in [-0.4, -0.2) is 56.8 Å². The molecule has 42 heavy (non-hydrogen) atoms. The van der Waals surface area contributed by atoms with Gasteiger partial charge in [0.25, 0.3) is 5.56 Å². The number of fused-ring (bicyclic) bond motifs is 1. The molecule has 15 heteroatoms. The zero-order chi connectivity index (χ0) is 30.5. The number of hydrogen-bond donors (Lipinski definition) is 3. The highest BCUT2D eigenvalue weighted by Gasteiger charge is 2.52. The molecule has 0 unspecified atom stereocenters. The number of nitrogens with zero attached hydrogens (tertiary/aromatic N) is 3. The predicted molar refractivity (Wildman–Crippen MR) is 154 cm³/mol. The molecule has 226 valence electrons. The number of carbonyl (C=O) groups is 2. The molecule has 0 saturated heterocycles. The van der Waals surface area contributed by atoms with Crippen LogP contribution in [0.2, 0.25) is 0 Å². The maximum absolute atomic E-state index is 14.0. The number of aromatic nitrogens is 4. The van der Waals surface area contributed by atoms with Crippen LogP contribution in [0.15, 0.2) is 47.0 Å². The number of para-hydroxylation sites is 1. The minimum Gasteiger partial charge on any atom is -0.465 e. The molecule has 0 spiro atoms. The number of anilines is 1. The van der Waals surface area contributed by atoms with E-state index in [1.807, 2.05) is 6.92 Å². The molecule has 0 amide bonds. The van der Waals surface area contributed by atoms with Gasteiger partial charge in [-0.15, -0.1) is 0 Å². The Morgan fingerprint density at radius 1 is 1.26 bits per heavy atom. The van der Waals surface area contributed by atoms with Gasteiger partial charge in [-0.25, -0.2) is 9.55 Å². The second-order valence-electron chi connectivity index (χ2n) is 10.2. The molecule has 1 aliphatic rings. The van der Waals surface area contributed by atoms with Gasteiger partial charge >= 0.3 is 19.7 Å². The van der Waals surface area contributed by atoms with Crippen molar-refractivity contribution in [3.63, 3.8) is 0 Å². The highest BCUT2D eigenvalue weighted by Crippen LogP contribution is 2.56. The third-order valence-corrected chi connectivity index (χ3v) is 8.20. The summed E-state index contributed by atoms with van der Waals surface area (Å²) < 4.78 is 38.0. The third kappa shape index (κ3) is 7.64. The van der Waals surface area contributed by atoms with Crippen molar-refractivity contribution in [3.8, 4) is 5.75 Å². The second kappa shape index (κ2) is 12.9. The van der Waals surface area contributed by atoms with E-state index in [2.05, 4.69) is 20.0 Å². The fourth-order valence-electron chi connectivity index (χ4n) is 4.25. The zero-order valence-electron chi connectivity index (χ0n) is 23.9. The van der Waals surface area contributed by atoms with Crippen LogP contribution in [0.1, 0.15) is 47.0 Å². The minimum absolute atomic E-state index is 0.0697. The van der Waals surface area contributed by atoms with Gasteiger partial charge in [-0.2, -0.15) is 10.1 Å². The summed E-state index contributed by atoms with van der Waals surface area (Å²) in [5, 5.41) is 2.68. The summed E-state index contributed by atoms with van der Waals surface area (Å²) in [4.78, 5) is 47.2. The molecular weight excluding hydrogens is 567 g/mol. The summed E-state index contributed by atoms with van der Waals surface area (Å²) in [6, 6.07) is 7.36. The normalized spacial score (nSPS) is 20.0. The molecule has 0 bridgehead atoms. The first-order chi connectivity index (χ1) is 19.9. The van der Waals surface area contributed by atoms with Gasteiger partial charge in [0.2, 0.25) is 5.95 Å². The van der Waals surface area contributed by atoms with Crippen molar-refractivity contribution in [3.05, 3.63) is 52.6 Å². The molecule has 4 N–H and O–H groups in total. The van der Waals surface area contributed by atoms with Crippen molar-refractivity contribution < 1.29 is 32.7 Å². The lowest BCUT2D eigenvalue weighted by Crippen LogP contribution is -2.37. The monoisotopic (exact) mass is 602 g/mol. The number of ether oxygens (including phenoxy) is 2. The summed E-state index contributed by atoms with van der Waals surface area (Å²) in [7, 11) is -4.18. The highest BCUT2D eigenvalue weighted by molar-refractivity contribution is 7.52. The molecule has 0 aliphatic heterocycles. The van der Waals surface area contributed by atoms with Crippen molar-refractivity contribution in [2.75, 3.05) is 18.9 Å². The number of nitrogen functional groups attached to an aromatic ring is 1. The van der Waals surface area contributed by atoms with Crippen LogP contribution in [-0.2, 0) is 28.2 Å². The van der Waals surface area contributed by atoms with Crippen molar-refractivity contribution in [1.29, 1.82) is 0 Å². The largest absolute Gasteiger partial charge is 0.465 e. The molecule has 0 radical (unpaired) electrons. The third-order valence-electron chi connectivity index (χ3n) is 6.58. The summed E-state index contributed by atoms with van der Waals surface area (Å²) in [6.07, 6.45) is 4.70. The second-order valence-corrected chi connectivity index (χ2v) is 11.9. The number of esters is 2. The molecule has 14 nitrogen and oxygen atoms in total. The Hall–Kier alpha value is -4.00. The highest BCUT2D eigenvalue weighted by atomic mass is 31.2. The van der Waals surface area contributed by atoms with Gasteiger partial charge in [-0.3, -0.25) is 28.5 Å². The molecule has 4 atom stereocenters. The van der Waals surface area contributed by atoms with Crippen LogP contribution in [0.4, 0.5) is 5.95 Å². The van der Waals surface area contributed by atoms with Gasteiger partial charge in [-0.1, -0.05) is 31.5 Å². The molecule has 1 aliphatic carbocycles. The number of imidazole rings is 1. The van der Waals surface area contributed by atoms with Crippen LogP contribution in [0, 0.1) is 5.41 Å². The van der Waals surface area contributed by atoms with E-state index in [1.165, 1.54) is 24.7 Å². The maximum atomic E-state index is 14.0. The number of rotatable bonds is 14. The summed E-state index contributed by atoms with van der Waals surface area (Å²) in [5.74, 6) is -0.923. The van der Waals surface area contributed by atoms with Gasteiger partial charge in [0.1, 0.15) is 24.7 Å². The van der Waals surface area contributed by atoms with Crippen molar-refractivity contribution in [1.82, 2.24) is 24.6 Å². The Bertz CT molecular complexity index is 1570. The quantitative estimate of drug-likeness (QED) is 0.180. The number of aromatic amines is 1. The number of hydrogen-bond acceptors (Lipinski definition) is 11. The van der Waals surface area contributed by atoms with Gasteiger partial charge in [0.15, 0.2) is 11.2 Å². The van der Waals surface area contributed by atoms with Crippen LogP contribution < -0.4 is 20.9 Å². The molecule has 1 fully saturated rings. The fraction of sp³-hybridized carbons (Fsp3) is 0.444. The Morgan fingerprint density at radius 2 is 2.00 bits per heavy atom. The molecule has 1 aromatic carbocycles. The Kier molecular flexibility index (Phi) is 9.50. The predicted octanol–water partition coefficient (Wildman–Crippen LogP) is 3.41. The van der Waals surface area contributed by atoms with E-state index in [9.17, 15) is 18.9 Å². The zero-order valence-corrected chi connectivity index (χ0v) is 24.8. The van der Waals surface area contributed by atoms with Gasteiger partial charge in [-0.05, 0) is 44.4 Å². The lowest BCUT2D eigenvalue weighted by Gasteiger charge is -2.25. The number of nitrogens with one attached hydrogen (secondary N) is 2. The van der Waals surface area contributed by atoms with E-state index in [1.54, 1.807) is 43.5 Å². The van der Waals surface area contributed by atoms with E-state index < -0.39 is 36.7 Å². The standard InChI is InChI=1S/C27H35N6O8P/c1-5-9-17(2)40-25(36)18(3)32-42(37,41-21-10-7-6-8-11-21)39-15-27(14-38-19(4)34)12-20(27)13-33-16-29-22-23(33)30-26(28)31-24(22)35/h6-8,10-11,13,16-18H,5,9,12,14-15H2,1-4H3,(H,32,37)(H3,28,30,31,35)/b20-13-/t17-,18-,27-,42-/m0/s1. The van der Waals surface area contributed by atoms with Crippen LogP contribution >= 0.6 is 7.75 Å². The van der Waals surface area contributed by atoms with Crippen molar-refractivity contribution in [2.45, 2.75) is 59.1 Å². The fourth-order valence-corrected chi connectivity index (χ4v) is 5.83. The van der Waals surface area contributed by atoms with E-state index in [0.29, 0.717) is 12.8 Å². The molecule has 2 heterocycles. The first-order valence-corrected chi connectivity index (χ1v) is 15.0. The first kappa shape index (κ1) is 30.9. The summed E-state index contributed by atoms with van der Waals surface area (Å²) >= 11 is 0. The number of carbonyl (C=O) groups excluding carboxylic acids is 2. The number of benzene rings is 1. The average Bonchev–Trinajstić information content (AvgIpc) is 3.46. The van der Waals surface area contributed by atoms with Crippen molar-refractivity contribution in [2.24, 2.45) is 5.41 Å². The van der Waals surface area contributed by atoms with E-state index in [0.717, 1.165) is 12.0 Å². The van der Waals surface area contributed by atoms with E-state index >= 15 is 0 Å². The van der Waals surface area contributed by atoms with Gasteiger partial charge < -0.3 is 19.7 Å². The number of H-pyrrole nitrogens is 1. The molecule has 1 saturated carbocycles. The molecule has 4 rings (SSSR count). The van der Waals surface area contributed by atoms with Gasteiger partial charge in [0.05, 0.1) is 18.1 Å². The first-order valence-electron chi connectivity index (χ1n) is 13.5. The maximum Gasteiger partial charge on any atom is 0.459 e. The van der Waals surface area contributed by atoms with Crippen LogP contribution in [0.3, 0.4) is 0 Å². The van der Waals surface area contributed by atoms with Gasteiger partial charge in [0, 0.05) is 13.1 Å². The minimum atomic E-state index is -4.18. The SMILES string of the molecule is CCC[C@H](C)OC(=O)[C@H](C)N[P@](=O)(OC[C@@]1(COC(C)=O)C/C1=C/n1cnc2c(=O)[nH]c(N)nc21)Oc1ccccc1. The summed E-state index contributed by atoms with van der Waals surface area (Å²) in [6.45, 7) is 6.28. The molecular formula is C27H35N6O8P. The van der Waals surface area contributed by atoms with Crippen LogP contribution in [0.5, 0.6) is 5.75 Å². The molecule has 2 aromatic heterocycles. The Labute approximate surface area is 242 Å². The van der Waals surface area contributed by atoms with E-state index in [-0.39, 0.29) is 42.2 Å². The Balaban J connectivity index is 1.58. The van der Waals surface area contributed by atoms with E-state index in [4.69, 9.17) is 24.3 Å². The lowest BCUT2D eigenvalue weighted by molar-refractivity contribution is -0.150. The number of nitrogens with two attached hydrogens (primary N) is 1. The average molecular weight is 603 g/mol. The smallest absolute Gasteiger partial charge is 0.459 e. The lowest BCUT2D eigenvalue weighted by atomic mass is 10.1. The Morgan fingerprint density at radius 3 is 2.69 bits per heavy atom. The topological polar surface area (TPSA) is 190 Å². The summed E-state index contributed by atoms with van der Waals surface area (Å²) in [5.41, 5.74) is 5.43.